The molecule has 1 atom stereocenters. The minimum absolute atomic E-state index is 0.0630. The average molecular weight is 258 g/mol. The molecule has 0 fully saturated rings. The minimum atomic E-state index is -0.0630. The molecule has 1 heterocycles. The van der Waals surface area contributed by atoms with Gasteiger partial charge in [0.1, 0.15) is 0 Å². The van der Waals surface area contributed by atoms with Gasteiger partial charge in [0, 0.05) is 18.1 Å². The van der Waals surface area contributed by atoms with Gasteiger partial charge in [0.15, 0.2) is 0 Å². The highest BCUT2D eigenvalue weighted by Crippen LogP contribution is 2.11. The number of amides is 1. The van der Waals surface area contributed by atoms with E-state index in [1.54, 1.807) is 6.20 Å². The first-order chi connectivity index (χ1) is 8.19. The molecule has 1 rings (SSSR count). The Morgan fingerprint density at radius 3 is 2.88 bits per heavy atom. The lowest BCUT2D eigenvalue weighted by Gasteiger charge is -2.15. The number of aromatic amines is 1. The summed E-state index contributed by atoms with van der Waals surface area (Å²) in [6, 6.07) is 0. The van der Waals surface area contributed by atoms with Crippen molar-refractivity contribution < 1.29 is 4.79 Å². The van der Waals surface area contributed by atoms with Gasteiger partial charge in [0.05, 0.1) is 11.8 Å². The van der Waals surface area contributed by atoms with Gasteiger partial charge >= 0.3 is 0 Å². The van der Waals surface area contributed by atoms with Gasteiger partial charge in [0.25, 0.3) is 5.91 Å². The van der Waals surface area contributed by atoms with Gasteiger partial charge in [-0.2, -0.15) is 5.10 Å². The van der Waals surface area contributed by atoms with Crippen molar-refractivity contribution in [2.75, 3.05) is 12.4 Å². The lowest BCUT2D eigenvalue weighted by Crippen LogP contribution is -2.29. The van der Waals surface area contributed by atoms with Crippen LogP contribution in [0.1, 0.15) is 42.2 Å². The van der Waals surface area contributed by atoms with Gasteiger partial charge in [0.2, 0.25) is 0 Å². The van der Waals surface area contributed by atoms with Crippen LogP contribution in [0.25, 0.3) is 0 Å². The van der Waals surface area contributed by atoms with Crippen molar-refractivity contribution in [1.29, 1.82) is 0 Å². The molecular formula is C12H20ClN3O. The topological polar surface area (TPSA) is 57.8 Å². The van der Waals surface area contributed by atoms with Crippen LogP contribution < -0.4 is 5.32 Å². The second kappa shape index (κ2) is 7.33. The molecule has 1 amide bonds. The summed E-state index contributed by atoms with van der Waals surface area (Å²) in [4.78, 5) is 11.8. The Balaban J connectivity index is 2.43. The van der Waals surface area contributed by atoms with Crippen LogP contribution in [0.5, 0.6) is 0 Å². The van der Waals surface area contributed by atoms with E-state index in [-0.39, 0.29) is 5.91 Å². The van der Waals surface area contributed by atoms with Crippen LogP contribution in [0.3, 0.4) is 0 Å². The summed E-state index contributed by atoms with van der Waals surface area (Å²) < 4.78 is 0. The van der Waals surface area contributed by atoms with Gasteiger partial charge in [-0.25, -0.2) is 0 Å². The zero-order chi connectivity index (χ0) is 12.7. The van der Waals surface area contributed by atoms with Crippen LogP contribution in [0.4, 0.5) is 0 Å². The molecule has 0 radical (unpaired) electrons. The summed E-state index contributed by atoms with van der Waals surface area (Å²) >= 11 is 5.74. The van der Waals surface area contributed by atoms with E-state index in [0.717, 1.165) is 25.0 Å². The summed E-state index contributed by atoms with van der Waals surface area (Å²) in [6.07, 6.45) is 4.71. The monoisotopic (exact) mass is 257 g/mol. The van der Waals surface area contributed by atoms with Gasteiger partial charge < -0.3 is 5.32 Å². The fraction of sp³-hybridized carbons (Fsp3) is 0.667. The van der Waals surface area contributed by atoms with Crippen molar-refractivity contribution in [2.24, 2.45) is 5.92 Å². The zero-order valence-corrected chi connectivity index (χ0v) is 11.2. The predicted molar refractivity (Wildman–Crippen MR) is 69.4 cm³/mol. The fourth-order valence-electron chi connectivity index (χ4n) is 1.82. The molecule has 96 valence electrons. The number of nitrogens with one attached hydrogen (secondary N) is 2. The largest absolute Gasteiger partial charge is 0.352 e. The molecular weight excluding hydrogens is 238 g/mol. The number of aromatic nitrogens is 2. The molecule has 5 heteroatoms. The molecule has 0 aromatic carbocycles. The Bertz CT molecular complexity index is 345. The molecule has 0 aliphatic heterocycles. The van der Waals surface area contributed by atoms with Crippen molar-refractivity contribution in [1.82, 2.24) is 15.5 Å². The van der Waals surface area contributed by atoms with Crippen LogP contribution >= 0.6 is 11.6 Å². The molecule has 0 saturated carbocycles. The summed E-state index contributed by atoms with van der Waals surface area (Å²) in [6.45, 7) is 4.66. The number of rotatable bonds is 7. The molecule has 2 N–H and O–H groups in total. The zero-order valence-electron chi connectivity index (χ0n) is 10.4. The number of carbonyl (C=O) groups is 1. The predicted octanol–water partition coefficient (Wildman–Crippen LogP) is 2.49. The smallest absolute Gasteiger partial charge is 0.254 e. The number of nitrogens with zero attached hydrogens (tertiary/aromatic N) is 1. The number of carbonyl (C=O) groups excluding carboxylic acids is 1. The van der Waals surface area contributed by atoms with Gasteiger partial charge in [-0.05, 0) is 25.7 Å². The Hall–Kier alpha value is -1.03. The maximum absolute atomic E-state index is 11.8. The molecule has 0 saturated heterocycles. The van der Waals surface area contributed by atoms with Crippen LogP contribution in [-0.2, 0) is 0 Å². The van der Waals surface area contributed by atoms with Crippen LogP contribution in [0.2, 0.25) is 0 Å². The van der Waals surface area contributed by atoms with E-state index in [9.17, 15) is 4.79 Å². The Labute approximate surface area is 107 Å². The summed E-state index contributed by atoms with van der Waals surface area (Å²) in [5.41, 5.74) is 1.41. The lowest BCUT2D eigenvalue weighted by atomic mass is 10.0. The SMILES string of the molecule is CCCC(CCCl)CNC(=O)c1cn[nH]c1C. The van der Waals surface area contributed by atoms with Crippen molar-refractivity contribution in [3.05, 3.63) is 17.5 Å². The molecule has 0 aliphatic rings. The number of halogens is 1. The highest BCUT2D eigenvalue weighted by atomic mass is 35.5. The first-order valence-electron chi connectivity index (χ1n) is 6.03. The molecule has 0 bridgehead atoms. The van der Waals surface area contributed by atoms with Crippen molar-refractivity contribution >= 4 is 17.5 Å². The molecule has 1 aromatic rings. The minimum Gasteiger partial charge on any atom is -0.352 e. The van der Waals surface area contributed by atoms with E-state index in [2.05, 4.69) is 22.4 Å². The van der Waals surface area contributed by atoms with Crippen LogP contribution in [0, 0.1) is 12.8 Å². The Morgan fingerprint density at radius 2 is 2.35 bits per heavy atom. The summed E-state index contributed by atoms with van der Waals surface area (Å²) in [5.74, 6) is 1.05. The standard InChI is InChI=1S/C12H20ClN3O/c1-3-4-10(5-6-13)7-14-12(17)11-8-15-16-9(11)2/h8,10H,3-7H2,1-2H3,(H,14,17)(H,15,16). The molecule has 1 unspecified atom stereocenters. The summed E-state index contributed by atoms with van der Waals surface area (Å²) in [5, 5.41) is 9.53. The third-order valence-electron chi connectivity index (χ3n) is 2.84. The quantitative estimate of drug-likeness (QED) is 0.738. The average Bonchev–Trinajstić information content (AvgIpc) is 2.72. The van der Waals surface area contributed by atoms with Crippen LogP contribution in [0.15, 0.2) is 6.20 Å². The number of aryl methyl sites for hydroxylation is 1. The molecule has 17 heavy (non-hydrogen) atoms. The van der Waals surface area contributed by atoms with E-state index < -0.39 is 0 Å². The molecule has 1 aromatic heterocycles. The van der Waals surface area contributed by atoms with E-state index >= 15 is 0 Å². The van der Waals surface area contributed by atoms with Crippen molar-refractivity contribution in [2.45, 2.75) is 33.1 Å². The number of hydrogen-bond donors (Lipinski definition) is 2. The highest BCUT2D eigenvalue weighted by molar-refractivity contribution is 6.17. The Morgan fingerprint density at radius 1 is 1.59 bits per heavy atom. The first-order valence-corrected chi connectivity index (χ1v) is 6.56. The molecule has 0 spiro atoms. The number of hydrogen-bond acceptors (Lipinski definition) is 2. The third-order valence-corrected chi connectivity index (χ3v) is 3.06. The van der Waals surface area contributed by atoms with Crippen LogP contribution in [-0.4, -0.2) is 28.5 Å². The van der Waals surface area contributed by atoms with Crippen molar-refractivity contribution in [3.8, 4) is 0 Å². The van der Waals surface area contributed by atoms with E-state index in [0.29, 0.717) is 23.9 Å². The van der Waals surface area contributed by atoms with Gasteiger partial charge in [-0.1, -0.05) is 13.3 Å². The van der Waals surface area contributed by atoms with Gasteiger partial charge in [-0.3, -0.25) is 9.89 Å². The lowest BCUT2D eigenvalue weighted by molar-refractivity contribution is 0.0945. The van der Waals surface area contributed by atoms with Gasteiger partial charge in [-0.15, -0.1) is 11.6 Å². The second-order valence-corrected chi connectivity index (χ2v) is 4.63. The van der Waals surface area contributed by atoms with Crippen molar-refractivity contribution in [3.63, 3.8) is 0 Å². The first kappa shape index (κ1) is 14.0. The molecule has 4 nitrogen and oxygen atoms in total. The number of H-pyrrole nitrogens is 1. The van der Waals surface area contributed by atoms with E-state index in [1.165, 1.54) is 0 Å². The number of alkyl halides is 1. The van der Waals surface area contributed by atoms with E-state index in [4.69, 9.17) is 11.6 Å². The maximum atomic E-state index is 11.8. The third kappa shape index (κ3) is 4.38. The molecule has 0 aliphatic carbocycles. The van der Waals surface area contributed by atoms with E-state index in [1.807, 2.05) is 6.92 Å². The fourth-order valence-corrected chi connectivity index (χ4v) is 2.13. The Kier molecular flexibility index (Phi) is 6.05. The maximum Gasteiger partial charge on any atom is 0.254 e. The second-order valence-electron chi connectivity index (χ2n) is 4.25. The normalized spacial score (nSPS) is 12.4. The summed E-state index contributed by atoms with van der Waals surface area (Å²) in [7, 11) is 0. The highest BCUT2D eigenvalue weighted by Gasteiger charge is 2.13.